The Kier molecular flexibility index (Phi) is 2.57. The SMILES string of the molecule is COc1nc(N(CC2CC2)C2CC2)ccc1N. The number of hydrogen-bond donors (Lipinski definition) is 1. The summed E-state index contributed by atoms with van der Waals surface area (Å²) in [6.07, 6.45) is 5.33. The van der Waals surface area contributed by atoms with Gasteiger partial charge in [-0.15, -0.1) is 0 Å². The van der Waals surface area contributed by atoms with E-state index in [2.05, 4.69) is 9.88 Å². The lowest BCUT2D eigenvalue weighted by Gasteiger charge is -2.24. The molecule has 0 aromatic carbocycles. The van der Waals surface area contributed by atoms with Crippen LogP contribution in [0.25, 0.3) is 0 Å². The number of pyridine rings is 1. The minimum absolute atomic E-state index is 0.545. The molecule has 0 atom stereocenters. The molecule has 1 heterocycles. The first-order valence-corrected chi connectivity index (χ1v) is 6.35. The molecule has 3 rings (SSSR count). The van der Waals surface area contributed by atoms with E-state index in [0.717, 1.165) is 18.3 Å². The zero-order valence-electron chi connectivity index (χ0n) is 10.2. The average molecular weight is 233 g/mol. The first-order chi connectivity index (χ1) is 8.28. The molecule has 2 fully saturated rings. The van der Waals surface area contributed by atoms with E-state index in [1.54, 1.807) is 7.11 Å². The monoisotopic (exact) mass is 233 g/mol. The van der Waals surface area contributed by atoms with Crippen molar-refractivity contribution in [3.05, 3.63) is 12.1 Å². The van der Waals surface area contributed by atoms with Gasteiger partial charge in [0, 0.05) is 12.6 Å². The molecule has 2 aliphatic carbocycles. The highest BCUT2D eigenvalue weighted by atomic mass is 16.5. The van der Waals surface area contributed by atoms with Crippen LogP contribution in [0.5, 0.6) is 5.88 Å². The number of anilines is 2. The van der Waals surface area contributed by atoms with Crippen molar-refractivity contribution in [3.63, 3.8) is 0 Å². The lowest BCUT2D eigenvalue weighted by Crippen LogP contribution is -2.29. The highest BCUT2D eigenvalue weighted by Crippen LogP contribution is 2.37. The lowest BCUT2D eigenvalue weighted by atomic mass is 10.3. The second-order valence-electron chi connectivity index (χ2n) is 5.09. The van der Waals surface area contributed by atoms with Crippen LogP contribution in [0.1, 0.15) is 25.7 Å². The molecule has 17 heavy (non-hydrogen) atoms. The van der Waals surface area contributed by atoms with Crippen LogP contribution < -0.4 is 15.4 Å². The maximum atomic E-state index is 5.80. The Labute approximate surface area is 102 Å². The van der Waals surface area contributed by atoms with Crippen LogP contribution in [-0.2, 0) is 0 Å². The van der Waals surface area contributed by atoms with Gasteiger partial charge in [-0.2, -0.15) is 4.98 Å². The zero-order valence-corrected chi connectivity index (χ0v) is 10.2. The molecule has 0 unspecified atom stereocenters. The van der Waals surface area contributed by atoms with Crippen LogP contribution in [-0.4, -0.2) is 24.7 Å². The smallest absolute Gasteiger partial charge is 0.238 e. The quantitative estimate of drug-likeness (QED) is 0.845. The second kappa shape index (κ2) is 4.09. The second-order valence-corrected chi connectivity index (χ2v) is 5.09. The predicted octanol–water partition coefficient (Wildman–Crippen LogP) is 2.05. The fraction of sp³-hybridized carbons (Fsp3) is 0.615. The van der Waals surface area contributed by atoms with Gasteiger partial charge in [-0.3, -0.25) is 0 Å². The Bertz CT molecular complexity index is 413. The van der Waals surface area contributed by atoms with E-state index in [1.165, 1.54) is 25.7 Å². The van der Waals surface area contributed by atoms with Crippen LogP contribution in [0.15, 0.2) is 12.1 Å². The molecule has 2 aliphatic rings. The van der Waals surface area contributed by atoms with Crippen LogP contribution in [0.2, 0.25) is 0 Å². The van der Waals surface area contributed by atoms with Crippen molar-refractivity contribution >= 4 is 11.5 Å². The van der Waals surface area contributed by atoms with E-state index in [1.807, 2.05) is 12.1 Å². The molecule has 1 aromatic rings. The van der Waals surface area contributed by atoms with Crippen LogP contribution in [0.4, 0.5) is 11.5 Å². The summed E-state index contributed by atoms with van der Waals surface area (Å²) in [5.74, 6) is 2.44. The third kappa shape index (κ3) is 2.30. The topological polar surface area (TPSA) is 51.4 Å². The fourth-order valence-corrected chi connectivity index (χ4v) is 2.16. The van der Waals surface area contributed by atoms with Crippen LogP contribution in [0.3, 0.4) is 0 Å². The predicted molar refractivity (Wildman–Crippen MR) is 68.3 cm³/mol. The van der Waals surface area contributed by atoms with E-state index >= 15 is 0 Å². The molecule has 1 aromatic heterocycles. The first kappa shape index (κ1) is 10.7. The summed E-state index contributed by atoms with van der Waals surface area (Å²) < 4.78 is 5.19. The van der Waals surface area contributed by atoms with Gasteiger partial charge >= 0.3 is 0 Å². The van der Waals surface area contributed by atoms with Crippen molar-refractivity contribution in [2.45, 2.75) is 31.7 Å². The molecule has 4 heteroatoms. The maximum absolute atomic E-state index is 5.80. The Morgan fingerprint density at radius 3 is 2.71 bits per heavy atom. The number of aromatic nitrogens is 1. The number of nitrogens with zero attached hydrogens (tertiary/aromatic N) is 2. The fourth-order valence-electron chi connectivity index (χ4n) is 2.16. The Balaban J connectivity index is 1.83. The number of rotatable bonds is 5. The Morgan fingerprint density at radius 2 is 2.12 bits per heavy atom. The summed E-state index contributed by atoms with van der Waals surface area (Å²) >= 11 is 0. The minimum atomic E-state index is 0.545. The molecule has 0 amide bonds. The third-order valence-corrected chi connectivity index (χ3v) is 3.50. The van der Waals surface area contributed by atoms with Crippen molar-refractivity contribution in [2.24, 2.45) is 5.92 Å². The molecule has 0 saturated heterocycles. The van der Waals surface area contributed by atoms with Gasteiger partial charge in [-0.1, -0.05) is 0 Å². The number of methoxy groups -OCH3 is 1. The van der Waals surface area contributed by atoms with E-state index in [9.17, 15) is 0 Å². The van der Waals surface area contributed by atoms with Crippen molar-refractivity contribution in [3.8, 4) is 5.88 Å². The van der Waals surface area contributed by atoms with Crippen molar-refractivity contribution in [1.82, 2.24) is 4.98 Å². The van der Waals surface area contributed by atoms with Gasteiger partial charge < -0.3 is 15.4 Å². The van der Waals surface area contributed by atoms with Crippen LogP contribution >= 0.6 is 0 Å². The highest BCUT2D eigenvalue weighted by molar-refractivity contribution is 5.55. The maximum Gasteiger partial charge on any atom is 0.238 e. The summed E-state index contributed by atoms with van der Waals surface area (Å²) in [6.45, 7) is 1.14. The van der Waals surface area contributed by atoms with Gasteiger partial charge in [0.25, 0.3) is 0 Å². The van der Waals surface area contributed by atoms with E-state index in [0.29, 0.717) is 17.6 Å². The van der Waals surface area contributed by atoms with E-state index < -0.39 is 0 Å². The average Bonchev–Trinajstić information content (AvgIpc) is 3.19. The van der Waals surface area contributed by atoms with Gasteiger partial charge in [0.2, 0.25) is 5.88 Å². The zero-order chi connectivity index (χ0) is 11.8. The molecule has 2 saturated carbocycles. The number of nitrogen functional groups attached to an aromatic ring is 1. The molecule has 0 radical (unpaired) electrons. The summed E-state index contributed by atoms with van der Waals surface area (Å²) in [6, 6.07) is 4.60. The van der Waals surface area contributed by atoms with Crippen molar-refractivity contribution in [1.29, 1.82) is 0 Å². The molecule has 2 N–H and O–H groups in total. The normalized spacial score (nSPS) is 19.1. The number of hydrogen-bond acceptors (Lipinski definition) is 4. The molecule has 0 bridgehead atoms. The molecule has 4 nitrogen and oxygen atoms in total. The van der Waals surface area contributed by atoms with E-state index in [4.69, 9.17) is 10.5 Å². The van der Waals surface area contributed by atoms with Crippen molar-refractivity contribution in [2.75, 3.05) is 24.3 Å². The van der Waals surface area contributed by atoms with Crippen molar-refractivity contribution < 1.29 is 4.74 Å². The molecule has 0 aliphatic heterocycles. The summed E-state index contributed by atoms with van der Waals surface area (Å²) in [5.41, 5.74) is 6.41. The van der Waals surface area contributed by atoms with Gasteiger partial charge in [0.1, 0.15) is 5.82 Å². The molecular weight excluding hydrogens is 214 g/mol. The lowest BCUT2D eigenvalue weighted by molar-refractivity contribution is 0.400. The van der Waals surface area contributed by atoms with Crippen LogP contribution in [0, 0.1) is 5.92 Å². The number of nitrogens with two attached hydrogens (primary N) is 1. The first-order valence-electron chi connectivity index (χ1n) is 6.35. The Hall–Kier alpha value is -1.45. The van der Waals surface area contributed by atoms with Gasteiger partial charge in [0.15, 0.2) is 0 Å². The van der Waals surface area contributed by atoms with E-state index in [-0.39, 0.29) is 0 Å². The summed E-state index contributed by atoms with van der Waals surface area (Å²) in [4.78, 5) is 6.94. The Morgan fingerprint density at radius 1 is 1.35 bits per heavy atom. The summed E-state index contributed by atoms with van der Waals surface area (Å²) in [7, 11) is 1.62. The third-order valence-electron chi connectivity index (χ3n) is 3.50. The van der Waals surface area contributed by atoms with Gasteiger partial charge in [0.05, 0.1) is 12.8 Å². The standard InChI is InChI=1S/C13H19N3O/c1-17-13-11(14)6-7-12(15-13)16(10-4-5-10)8-9-2-3-9/h6-7,9-10H,2-5,8,14H2,1H3. The summed E-state index contributed by atoms with van der Waals surface area (Å²) in [5, 5.41) is 0. The molecular formula is C13H19N3O. The highest BCUT2D eigenvalue weighted by Gasteiger charge is 2.34. The van der Waals surface area contributed by atoms with Gasteiger partial charge in [-0.25, -0.2) is 0 Å². The van der Waals surface area contributed by atoms with Gasteiger partial charge in [-0.05, 0) is 43.7 Å². The molecule has 92 valence electrons. The molecule has 0 spiro atoms. The minimum Gasteiger partial charge on any atom is -0.479 e. The largest absolute Gasteiger partial charge is 0.479 e. The number of ether oxygens (including phenoxy) is 1.